The fraction of sp³-hybridized carbons (Fsp3) is 0.667. The lowest BCUT2D eigenvalue weighted by atomic mass is 10.7. The van der Waals surface area contributed by atoms with Crippen molar-refractivity contribution in [2.75, 3.05) is 18.9 Å². The Morgan fingerprint density at radius 2 is 2.23 bits per heavy atom. The molecule has 7 heteroatoms. The van der Waals surface area contributed by atoms with E-state index in [1.165, 1.54) is 6.07 Å². The van der Waals surface area contributed by atoms with Gasteiger partial charge in [-0.15, -0.1) is 0 Å². The molecule has 0 aromatic heterocycles. The van der Waals surface area contributed by atoms with Crippen LogP contribution in [-0.4, -0.2) is 33.3 Å². The number of nitriles is 1. The number of carbonyl (C=O) groups is 1. The summed E-state index contributed by atoms with van der Waals surface area (Å²) in [6, 6.07) is 1.46. The van der Waals surface area contributed by atoms with Gasteiger partial charge in [-0.2, -0.15) is 5.26 Å². The monoisotopic (exact) mass is 206 g/mol. The minimum absolute atomic E-state index is 0.193. The fourth-order valence-corrected chi connectivity index (χ4v) is 1.13. The number of esters is 1. The minimum Gasteiger partial charge on any atom is -0.465 e. The number of carbonyl (C=O) groups excluding carboxylic acids is 1. The molecule has 0 aliphatic heterocycles. The van der Waals surface area contributed by atoms with Crippen molar-refractivity contribution in [2.45, 2.75) is 6.92 Å². The number of hydrogen-bond donors (Lipinski definition) is 1. The highest BCUT2D eigenvalue weighted by atomic mass is 32.2. The lowest BCUT2D eigenvalue weighted by Gasteiger charge is -2.02. The molecule has 0 bridgehead atoms. The van der Waals surface area contributed by atoms with Crippen LogP contribution in [0.15, 0.2) is 0 Å². The second-order valence-corrected chi connectivity index (χ2v) is 3.85. The second kappa shape index (κ2) is 5.50. The van der Waals surface area contributed by atoms with Gasteiger partial charge < -0.3 is 4.74 Å². The van der Waals surface area contributed by atoms with Gasteiger partial charge in [0.25, 0.3) is 0 Å². The molecule has 0 amide bonds. The number of rotatable bonds is 5. The van der Waals surface area contributed by atoms with Crippen molar-refractivity contribution in [1.29, 1.82) is 5.26 Å². The molecule has 74 valence electrons. The number of ether oxygens (including phenoxy) is 1. The Morgan fingerprint density at radius 3 is 2.69 bits per heavy atom. The molecular formula is C6H10N2O4S. The maximum absolute atomic E-state index is 10.8. The highest BCUT2D eigenvalue weighted by Crippen LogP contribution is 1.83. The van der Waals surface area contributed by atoms with Crippen molar-refractivity contribution in [1.82, 2.24) is 4.72 Å². The van der Waals surface area contributed by atoms with Crippen molar-refractivity contribution in [3.63, 3.8) is 0 Å². The smallest absolute Gasteiger partial charge is 0.320 e. The first kappa shape index (κ1) is 11.9. The normalized spacial score (nSPS) is 10.5. The molecule has 6 nitrogen and oxygen atoms in total. The van der Waals surface area contributed by atoms with Crippen molar-refractivity contribution in [3.05, 3.63) is 0 Å². The van der Waals surface area contributed by atoms with Gasteiger partial charge in [-0.25, -0.2) is 13.1 Å². The van der Waals surface area contributed by atoms with Crippen LogP contribution in [0.4, 0.5) is 0 Å². The molecule has 0 spiro atoms. The van der Waals surface area contributed by atoms with Gasteiger partial charge in [0, 0.05) is 0 Å². The molecule has 0 saturated carbocycles. The Balaban J connectivity index is 3.90. The number of hydrogen-bond acceptors (Lipinski definition) is 5. The molecule has 1 N–H and O–H groups in total. The SMILES string of the molecule is CCOC(=O)CNS(=O)(=O)CC#N. The van der Waals surface area contributed by atoms with E-state index in [9.17, 15) is 13.2 Å². The predicted octanol–water partition coefficient (Wildman–Crippen LogP) is -1.01. The van der Waals surface area contributed by atoms with E-state index in [4.69, 9.17) is 5.26 Å². The minimum atomic E-state index is -3.66. The molecule has 0 saturated heterocycles. The molecule has 0 atom stereocenters. The van der Waals surface area contributed by atoms with Gasteiger partial charge in [-0.3, -0.25) is 4.79 Å². The highest BCUT2D eigenvalue weighted by Gasteiger charge is 2.11. The summed E-state index contributed by atoms with van der Waals surface area (Å²) in [5, 5.41) is 8.09. The van der Waals surface area contributed by atoms with Crippen LogP contribution in [0.2, 0.25) is 0 Å². The average molecular weight is 206 g/mol. The van der Waals surface area contributed by atoms with Crippen molar-refractivity contribution < 1.29 is 17.9 Å². The van der Waals surface area contributed by atoms with E-state index in [0.29, 0.717) is 0 Å². The Kier molecular flexibility index (Phi) is 5.03. The summed E-state index contributed by atoms with van der Waals surface area (Å²) in [4.78, 5) is 10.7. The first-order valence-corrected chi connectivity index (χ1v) is 5.17. The number of nitrogens with one attached hydrogen (secondary N) is 1. The first-order valence-electron chi connectivity index (χ1n) is 3.51. The summed E-state index contributed by atoms with van der Waals surface area (Å²) in [6.07, 6.45) is 0. The molecule has 0 heterocycles. The third-order valence-corrected chi connectivity index (χ3v) is 2.09. The zero-order valence-electron chi connectivity index (χ0n) is 7.11. The average Bonchev–Trinajstić information content (AvgIpc) is 2.02. The Labute approximate surface area is 76.5 Å². The van der Waals surface area contributed by atoms with Gasteiger partial charge in [-0.1, -0.05) is 0 Å². The molecular weight excluding hydrogens is 196 g/mol. The van der Waals surface area contributed by atoms with Crippen LogP contribution in [0.25, 0.3) is 0 Å². The highest BCUT2D eigenvalue weighted by molar-refractivity contribution is 7.89. The van der Waals surface area contributed by atoms with E-state index in [0.717, 1.165) is 0 Å². The van der Waals surface area contributed by atoms with Crippen molar-refractivity contribution >= 4 is 16.0 Å². The summed E-state index contributed by atoms with van der Waals surface area (Å²) in [7, 11) is -3.66. The van der Waals surface area contributed by atoms with Gasteiger partial charge in [0.05, 0.1) is 12.7 Å². The van der Waals surface area contributed by atoms with Crippen molar-refractivity contribution in [3.8, 4) is 6.07 Å². The standard InChI is InChI=1S/C6H10N2O4S/c1-2-12-6(9)5-8-13(10,11)4-3-7/h8H,2,4-5H2,1H3. The lowest BCUT2D eigenvalue weighted by Crippen LogP contribution is -2.32. The van der Waals surface area contributed by atoms with Gasteiger partial charge in [0.2, 0.25) is 10.0 Å². The van der Waals surface area contributed by atoms with E-state index in [2.05, 4.69) is 4.74 Å². The van der Waals surface area contributed by atoms with Crippen LogP contribution in [0.3, 0.4) is 0 Å². The van der Waals surface area contributed by atoms with Gasteiger partial charge in [0.15, 0.2) is 5.75 Å². The van der Waals surface area contributed by atoms with Crippen LogP contribution in [0, 0.1) is 11.3 Å². The molecule has 13 heavy (non-hydrogen) atoms. The van der Waals surface area contributed by atoms with E-state index in [1.807, 2.05) is 4.72 Å². The molecule has 0 aliphatic carbocycles. The fourth-order valence-electron chi connectivity index (χ4n) is 0.517. The molecule has 0 rings (SSSR count). The molecule has 0 aliphatic rings. The topological polar surface area (TPSA) is 96.3 Å². The first-order chi connectivity index (χ1) is 6.02. The van der Waals surface area contributed by atoms with E-state index in [1.54, 1.807) is 6.92 Å². The Hall–Kier alpha value is -1.13. The van der Waals surface area contributed by atoms with Crippen molar-refractivity contribution in [2.24, 2.45) is 0 Å². The zero-order valence-corrected chi connectivity index (χ0v) is 7.93. The number of sulfonamides is 1. The molecule has 0 aromatic carbocycles. The summed E-state index contributed by atoms with van der Waals surface area (Å²) in [5.41, 5.74) is 0. The Morgan fingerprint density at radius 1 is 1.62 bits per heavy atom. The lowest BCUT2D eigenvalue weighted by molar-refractivity contribution is -0.141. The van der Waals surface area contributed by atoms with Crippen LogP contribution >= 0.6 is 0 Å². The van der Waals surface area contributed by atoms with E-state index >= 15 is 0 Å². The predicted molar refractivity (Wildman–Crippen MR) is 44.0 cm³/mol. The second-order valence-electron chi connectivity index (χ2n) is 2.04. The Bertz CT molecular complexity index is 303. The van der Waals surface area contributed by atoms with Crippen LogP contribution in [0.5, 0.6) is 0 Å². The van der Waals surface area contributed by atoms with Crippen LogP contribution in [0.1, 0.15) is 6.92 Å². The molecule has 0 fully saturated rings. The van der Waals surface area contributed by atoms with Gasteiger partial charge >= 0.3 is 5.97 Å². The maximum atomic E-state index is 10.8. The zero-order chi connectivity index (χ0) is 10.3. The van der Waals surface area contributed by atoms with E-state index < -0.39 is 28.3 Å². The molecule has 0 unspecified atom stereocenters. The van der Waals surface area contributed by atoms with Crippen LogP contribution in [-0.2, 0) is 19.6 Å². The van der Waals surface area contributed by atoms with Gasteiger partial charge in [0.1, 0.15) is 6.54 Å². The largest absolute Gasteiger partial charge is 0.465 e. The third kappa shape index (κ3) is 6.07. The summed E-state index contributed by atoms with van der Waals surface area (Å²) < 4.78 is 28.0. The van der Waals surface area contributed by atoms with Gasteiger partial charge in [-0.05, 0) is 6.92 Å². The van der Waals surface area contributed by atoms with E-state index in [-0.39, 0.29) is 6.61 Å². The summed E-state index contributed by atoms with van der Waals surface area (Å²) >= 11 is 0. The summed E-state index contributed by atoms with van der Waals surface area (Å²) in [5.74, 6) is -1.32. The quantitative estimate of drug-likeness (QED) is 0.581. The molecule has 0 aromatic rings. The third-order valence-electron chi connectivity index (χ3n) is 0.996. The summed E-state index contributed by atoms with van der Waals surface area (Å²) in [6.45, 7) is 1.37. The molecule has 0 radical (unpaired) electrons. The van der Waals surface area contributed by atoms with Crippen LogP contribution < -0.4 is 4.72 Å². The number of nitrogens with zero attached hydrogens (tertiary/aromatic N) is 1. The maximum Gasteiger partial charge on any atom is 0.320 e.